The lowest BCUT2D eigenvalue weighted by Gasteiger charge is -2.19. The molecule has 38 heavy (non-hydrogen) atoms. The van der Waals surface area contributed by atoms with E-state index in [2.05, 4.69) is 19.6 Å². The van der Waals surface area contributed by atoms with Gasteiger partial charge in [-0.1, -0.05) is 13.8 Å². The number of anilines is 1. The first-order valence-electron chi connectivity index (χ1n) is 11.0. The van der Waals surface area contributed by atoms with Crippen molar-refractivity contribution in [1.29, 1.82) is 0 Å². The van der Waals surface area contributed by atoms with Gasteiger partial charge in [0.25, 0.3) is 0 Å². The molecule has 1 amide bonds. The molecule has 0 unspecified atom stereocenters. The normalized spacial score (nSPS) is 11.9. The SMILES string of the molecule is CC.Cc1nn(-c2ccc(NC(=O)OC(C)(C)C)cn2)cc1-c1ccc(OS(=O)(=O)C(F)(F)F)c(F)c1F. The molecule has 0 atom stereocenters. The molecule has 3 rings (SSSR count). The van der Waals surface area contributed by atoms with Gasteiger partial charge in [0.05, 0.1) is 17.6 Å². The summed E-state index contributed by atoms with van der Waals surface area (Å²) in [6.07, 6.45) is 1.90. The van der Waals surface area contributed by atoms with Crippen molar-refractivity contribution in [3.05, 3.63) is 54.0 Å². The van der Waals surface area contributed by atoms with Crippen LogP contribution in [0.15, 0.2) is 36.7 Å². The molecule has 0 saturated carbocycles. The minimum Gasteiger partial charge on any atom is -0.444 e. The lowest BCUT2D eigenvalue weighted by molar-refractivity contribution is -0.0501. The van der Waals surface area contributed by atoms with Crippen LogP contribution in [0.4, 0.5) is 32.4 Å². The Kier molecular flexibility index (Phi) is 9.09. The number of ether oxygens (including phenoxy) is 1. The standard InChI is InChI=1S/C21H19F5N4O5S.C2H6/c1-11-14(13-6-7-15(18(23)17(13)22)35-36(32,33)21(24,25)26)10-30(29-11)16-8-5-12(9-27-16)28-19(31)34-20(2,3)4;1-2/h5-10H,1-4H3,(H,28,31);1-2H3. The molecular weight excluding hydrogens is 539 g/mol. The summed E-state index contributed by atoms with van der Waals surface area (Å²) in [4.78, 5) is 16.0. The Morgan fingerprint density at radius 3 is 2.16 bits per heavy atom. The van der Waals surface area contributed by atoms with Crippen LogP contribution in [0.3, 0.4) is 0 Å². The van der Waals surface area contributed by atoms with Crippen molar-refractivity contribution in [3.63, 3.8) is 0 Å². The fraction of sp³-hybridized carbons (Fsp3) is 0.348. The molecular formula is C23H25F5N4O5S. The van der Waals surface area contributed by atoms with Crippen LogP contribution in [0.1, 0.15) is 40.3 Å². The molecule has 15 heteroatoms. The molecule has 2 heterocycles. The zero-order valence-electron chi connectivity index (χ0n) is 21.1. The highest BCUT2D eigenvalue weighted by molar-refractivity contribution is 7.88. The van der Waals surface area contributed by atoms with Crippen LogP contribution in [0, 0.1) is 18.6 Å². The molecule has 0 aliphatic heterocycles. The molecule has 0 saturated heterocycles. The Balaban J connectivity index is 0.00000247. The van der Waals surface area contributed by atoms with Gasteiger partial charge in [-0.25, -0.2) is 18.9 Å². The zero-order valence-corrected chi connectivity index (χ0v) is 22.0. The average Bonchev–Trinajstić information content (AvgIpc) is 3.18. The second-order valence-electron chi connectivity index (χ2n) is 8.33. The zero-order chi connectivity index (χ0) is 29.1. The molecule has 0 fully saturated rings. The van der Waals surface area contributed by atoms with E-state index in [1.165, 1.54) is 36.1 Å². The van der Waals surface area contributed by atoms with Crippen molar-refractivity contribution in [3.8, 4) is 22.7 Å². The van der Waals surface area contributed by atoms with E-state index in [0.717, 1.165) is 6.07 Å². The number of amides is 1. The van der Waals surface area contributed by atoms with E-state index in [1.807, 2.05) is 13.8 Å². The summed E-state index contributed by atoms with van der Waals surface area (Å²) in [5.74, 6) is -4.79. The molecule has 0 bridgehead atoms. The van der Waals surface area contributed by atoms with Crippen molar-refractivity contribution < 1.29 is 44.1 Å². The molecule has 9 nitrogen and oxygen atoms in total. The van der Waals surface area contributed by atoms with Crippen LogP contribution in [0.5, 0.6) is 5.75 Å². The van der Waals surface area contributed by atoms with E-state index >= 15 is 0 Å². The number of carbonyl (C=O) groups excluding carboxylic acids is 1. The van der Waals surface area contributed by atoms with Crippen LogP contribution in [0.25, 0.3) is 16.9 Å². The number of nitrogens with one attached hydrogen (secondary N) is 1. The van der Waals surface area contributed by atoms with Crippen LogP contribution < -0.4 is 9.50 Å². The van der Waals surface area contributed by atoms with E-state index in [4.69, 9.17) is 4.74 Å². The van der Waals surface area contributed by atoms with Crippen molar-refractivity contribution in [2.45, 2.75) is 52.7 Å². The highest BCUT2D eigenvalue weighted by Crippen LogP contribution is 2.34. The molecule has 0 spiro atoms. The molecule has 0 radical (unpaired) electrons. The van der Waals surface area contributed by atoms with E-state index in [9.17, 15) is 35.2 Å². The average molecular weight is 565 g/mol. The first kappa shape index (κ1) is 30.5. The van der Waals surface area contributed by atoms with Gasteiger partial charge in [0.15, 0.2) is 17.4 Å². The van der Waals surface area contributed by atoms with Gasteiger partial charge in [-0.3, -0.25) is 5.32 Å². The van der Waals surface area contributed by atoms with Crippen LogP contribution in [0.2, 0.25) is 0 Å². The molecule has 0 aliphatic rings. The summed E-state index contributed by atoms with van der Waals surface area (Å²) < 4.78 is 98.8. The van der Waals surface area contributed by atoms with Crippen molar-refractivity contribution in [1.82, 2.24) is 14.8 Å². The number of nitrogens with zero attached hydrogens (tertiary/aromatic N) is 3. The van der Waals surface area contributed by atoms with E-state index in [0.29, 0.717) is 11.8 Å². The third-order valence-corrected chi connectivity index (χ3v) is 5.31. The van der Waals surface area contributed by atoms with Crippen LogP contribution >= 0.6 is 0 Å². The fourth-order valence-corrected chi connectivity index (χ4v) is 3.29. The number of rotatable bonds is 5. The first-order valence-corrected chi connectivity index (χ1v) is 12.4. The van der Waals surface area contributed by atoms with Gasteiger partial charge >= 0.3 is 21.7 Å². The molecule has 208 valence electrons. The smallest absolute Gasteiger partial charge is 0.444 e. The van der Waals surface area contributed by atoms with Gasteiger partial charge in [-0.05, 0) is 52.0 Å². The number of benzene rings is 1. The predicted octanol–water partition coefficient (Wildman–Crippen LogP) is 6.12. The number of aryl methyl sites for hydroxylation is 1. The van der Waals surface area contributed by atoms with Gasteiger partial charge in [-0.2, -0.15) is 31.1 Å². The summed E-state index contributed by atoms with van der Waals surface area (Å²) in [7, 11) is -6.19. The lowest BCUT2D eigenvalue weighted by atomic mass is 10.1. The summed E-state index contributed by atoms with van der Waals surface area (Å²) in [5.41, 5.74) is -6.37. The molecule has 2 aromatic heterocycles. The van der Waals surface area contributed by atoms with E-state index in [-0.39, 0.29) is 17.1 Å². The predicted molar refractivity (Wildman–Crippen MR) is 128 cm³/mol. The molecule has 1 aromatic carbocycles. The maximum Gasteiger partial charge on any atom is 0.534 e. The van der Waals surface area contributed by atoms with Crippen molar-refractivity contribution in [2.75, 3.05) is 5.32 Å². The number of hydrogen-bond donors (Lipinski definition) is 1. The van der Waals surface area contributed by atoms with Gasteiger partial charge < -0.3 is 8.92 Å². The first-order chi connectivity index (χ1) is 17.5. The van der Waals surface area contributed by atoms with E-state index in [1.54, 1.807) is 20.8 Å². The van der Waals surface area contributed by atoms with Gasteiger partial charge in [0, 0.05) is 17.3 Å². The second kappa shape index (κ2) is 11.3. The maximum atomic E-state index is 14.7. The number of hydrogen-bond acceptors (Lipinski definition) is 7. The Morgan fingerprint density at radius 2 is 1.63 bits per heavy atom. The van der Waals surface area contributed by atoms with Gasteiger partial charge in [-0.15, -0.1) is 0 Å². The highest BCUT2D eigenvalue weighted by atomic mass is 32.2. The Bertz CT molecular complexity index is 1400. The Morgan fingerprint density at radius 1 is 1.00 bits per heavy atom. The monoisotopic (exact) mass is 564 g/mol. The van der Waals surface area contributed by atoms with Gasteiger partial charge in [0.2, 0.25) is 5.82 Å². The molecule has 0 aliphatic carbocycles. The summed E-state index contributed by atoms with van der Waals surface area (Å²) in [6.45, 7) is 10.6. The third kappa shape index (κ3) is 7.18. The third-order valence-electron chi connectivity index (χ3n) is 4.35. The largest absolute Gasteiger partial charge is 0.534 e. The second-order valence-corrected chi connectivity index (χ2v) is 9.86. The van der Waals surface area contributed by atoms with Gasteiger partial charge in [0.1, 0.15) is 5.60 Å². The van der Waals surface area contributed by atoms with Crippen molar-refractivity contribution >= 4 is 21.9 Å². The number of alkyl halides is 3. The maximum absolute atomic E-state index is 14.7. The quantitative estimate of drug-likeness (QED) is 0.226. The molecule has 1 N–H and O–H groups in total. The van der Waals surface area contributed by atoms with E-state index < -0.39 is 50.3 Å². The number of carbonyl (C=O) groups is 1. The topological polar surface area (TPSA) is 112 Å². The van der Waals surface area contributed by atoms with Crippen molar-refractivity contribution in [2.24, 2.45) is 0 Å². The Labute approximate surface area is 215 Å². The lowest BCUT2D eigenvalue weighted by Crippen LogP contribution is -2.28. The Hall–Kier alpha value is -3.75. The number of aromatic nitrogens is 3. The summed E-state index contributed by atoms with van der Waals surface area (Å²) in [5, 5.41) is 6.65. The summed E-state index contributed by atoms with van der Waals surface area (Å²) >= 11 is 0. The highest BCUT2D eigenvalue weighted by Gasteiger charge is 2.49. The minimum atomic E-state index is -6.19. The number of pyridine rings is 1. The van der Waals surface area contributed by atoms with Crippen LogP contribution in [-0.2, 0) is 14.9 Å². The molecule has 3 aromatic rings. The number of halogens is 5. The van der Waals surface area contributed by atoms with Crippen LogP contribution in [-0.4, -0.2) is 40.4 Å². The minimum absolute atomic E-state index is 0.0504. The fourth-order valence-electron chi connectivity index (χ4n) is 2.83. The summed E-state index contributed by atoms with van der Waals surface area (Å²) in [6, 6.07) is 4.38.